The maximum Gasteiger partial charge on any atom is 0.438 e. The van der Waals surface area contributed by atoms with Crippen molar-refractivity contribution >= 4 is 12.0 Å². The summed E-state index contributed by atoms with van der Waals surface area (Å²) in [5, 5.41) is 16.7. The van der Waals surface area contributed by atoms with Gasteiger partial charge in [0.05, 0.1) is 6.42 Å². The number of rotatable bonds is 2. The van der Waals surface area contributed by atoms with Crippen molar-refractivity contribution in [2.75, 3.05) is 0 Å². The molecule has 1 aromatic carbocycles. The van der Waals surface area contributed by atoms with Crippen molar-refractivity contribution in [1.29, 1.82) is 0 Å². The summed E-state index contributed by atoms with van der Waals surface area (Å²) in [6.07, 6.45) is -1.81. The number of carboxylic acid groups (broad SMARTS) is 1. The number of hydrogen-bond acceptors (Lipinski definition) is 3. The molecule has 74 valence electrons. The molecule has 2 N–H and O–H groups in total. The summed E-state index contributed by atoms with van der Waals surface area (Å²) in [6, 6.07) is 8.58. The van der Waals surface area contributed by atoms with Crippen LogP contribution in [0.4, 0.5) is 4.79 Å². The zero-order chi connectivity index (χ0) is 10.6. The van der Waals surface area contributed by atoms with Crippen molar-refractivity contribution in [3.05, 3.63) is 35.9 Å². The van der Waals surface area contributed by atoms with Crippen molar-refractivity contribution in [2.45, 2.75) is 6.42 Å². The molecule has 0 heterocycles. The van der Waals surface area contributed by atoms with Gasteiger partial charge < -0.3 is 5.11 Å². The van der Waals surface area contributed by atoms with Crippen LogP contribution >= 0.6 is 0 Å². The lowest BCUT2D eigenvalue weighted by Gasteiger charge is -2.08. The quantitative estimate of drug-likeness (QED) is 0.547. The topological polar surface area (TPSA) is 77.8 Å². The largest absolute Gasteiger partial charge is 0.463 e. The Kier molecular flexibility index (Phi) is 3.19. The fourth-order valence-electron chi connectivity index (χ4n) is 0.952. The fraction of sp³-hybridized carbons (Fsp3) is 0.111. The van der Waals surface area contributed by atoms with Gasteiger partial charge in [-0.15, -0.1) is 5.06 Å². The molecule has 0 aliphatic heterocycles. The molecule has 0 radical (unpaired) electrons. The molecular weight excluding hydrogens is 186 g/mol. The second-order valence-corrected chi connectivity index (χ2v) is 2.65. The molecule has 0 spiro atoms. The molecule has 0 aliphatic carbocycles. The van der Waals surface area contributed by atoms with Gasteiger partial charge in [0, 0.05) is 0 Å². The Morgan fingerprint density at radius 2 is 1.79 bits per heavy atom. The van der Waals surface area contributed by atoms with Crippen molar-refractivity contribution in [2.24, 2.45) is 0 Å². The number of amides is 2. The van der Waals surface area contributed by atoms with Crippen molar-refractivity contribution in [3.63, 3.8) is 0 Å². The van der Waals surface area contributed by atoms with E-state index in [4.69, 9.17) is 10.3 Å². The summed E-state index contributed by atoms with van der Waals surface area (Å²) in [6.45, 7) is 0. The van der Waals surface area contributed by atoms with Crippen LogP contribution in [0.15, 0.2) is 30.3 Å². The molecule has 2 amide bonds. The first kappa shape index (κ1) is 10.2. The zero-order valence-corrected chi connectivity index (χ0v) is 7.25. The minimum atomic E-state index is -1.68. The van der Waals surface area contributed by atoms with E-state index < -0.39 is 12.0 Å². The lowest BCUT2D eigenvalue weighted by molar-refractivity contribution is -0.155. The molecule has 1 aromatic rings. The van der Waals surface area contributed by atoms with E-state index in [2.05, 4.69) is 0 Å². The minimum absolute atomic E-state index is 0.135. The van der Waals surface area contributed by atoms with E-state index in [9.17, 15) is 9.59 Å². The molecule has 0 fully saturated rings. The molecule has 0 unspecified atom stereocenters. The van der Waals surface area contributed by atoms with E-state index >= 15 is 0 Å². The monoisotopic (exact) mass is 195 g/mol. The highest BCUT2D eigenvalue weighted by Crippen LogP contribution is 2.01. The number of carbonyl (C=O) groups excluding carboxylic acids is 1. The Labute approximate surface area is 80.2 Å². The van der Waals surface area contributed by atoms with Gasteiger partial charge in [0.2, 0.25) is 0 Å². The third kappa shape index (κ3) is 2.56. The number of nitrogens with zero attached hydrogens (tertiary/aromatic N) is 1. The van der Waals surface area contributed by atoms with Gasteiger partial charge >= 0.3 is 6.09 Å². The Morgan fingerprint density at radius 1 is 1.21 bits per heavy atom. The van der Waals surface area contributed by atoms with E-state index in [1.54, 1.807) is 30.3 Å². The van der Waals surface area contributed by atoms with Crippen LogP contribution in [0.3, 0.4) is 0 Å². The minimum Gasteiger partial charge on any atom is -0.463 e. The average molecular weight is 195 g/mol. The van der Waals surface area contributed by atoms with Crippen molar-refractivity contribution < 1.29 is 19.9 Å². The van der Waals surface area contributed by atoms with Crippen molar-refractivity contribution in [3.8, 4) is 0 Å². The highest BCUT2D eigenvalue weighted by molar-refractivity contribution is 5.90. The van der Waals surface area contributed by atoms with Crippen molar-refractivity contribution in [1.82, 2.24) is 5.06 Å². The number of hydroxylamine groups is 2. The molecule has 0 aliphatic rings. The molecule has 5 heteroatoms. The maximum atomic E-state index is 11.0. The second kappa shape index (κ2) is 4.38. The van der Waals surface area contributed by atoms with Crippen LogP contribution in [0.25, 0.3) is 0 Å². The number of benzene rings is 1. The Morgan fingerprint density at radius 3 is 2.29 bits per heavy atom. The van der Waals surface area contributed by atoms with E-state index in [0.29, 0.717) is 5.56 Å². The Balaban J connectivity index is 2.62. The zero-order valence-electron chi connectivity index (χ0n) is 7.25. The third-order valence-corrected chi connectivity index (χ3v) is 1.62. The molecule has 0 atom stereocenters. The standard InChI is InChI=1S/C9H9NO4/c11-8(10(14)9(12)13)6-7-4-2-1-3-5-7/h1-5,14H,6H2,(H,12,13). The Hall–Kier alpha value is -1.88. The van der Waals surface area contributed by atoms with E-state index in [-0.39, 0.29) is 11.5 Å². The van der Waals surface area contributed by atoms with Gasteiger partial charge in [-0.1, -0.05) is 30.3 Å². The van der Waals surface area contributed by atoms with Crippen LogP contribution in [0.5, 0.6) is 0 Å². The van der Waals surface area contributed by atoms with E-state index in [0.717, 1.165) is 0 Å². The number of carbonyl (C=O) groups is 2. The molecular formula is C9H9NO4. The fourth-order valence-corrected chi connectivity index (χ4v) is 0.952. The van der Waals surface area contributed by atoms with Gasteiger partial charge in [0.1, 0.15) is 0 Å². The van der Waals surface area contributed by atoms with Gasteiger partial charge in [-0.3, -0.25) is 10.0 Å². The Bertz CT molecular complexity index is 336. The summed E-state index contributed by atoms with van der Waals surface area (Å²) < 4.78 is 0. The van der Waals surface area contributed by atoms with Crippen LogP contribution in [0, 0.1) is 0 Å². The first-order valence-electron chi connectivity index (χ1n) is 3.90. The third-order valence-electron chi connectivity index (χ3n) is 1.62. The van der Waals surface area contributed by atoms with Gasteiger partial charge in [-0.25, -0.2) is 4.79 Å². The highest BCUT2D eigenvalue weighted by atomic mass is 16.6. The molecule has 0 bridgehead atoms. The van der Waals surface area contributed by atoms with Gasteiger partial charge in [-0.2, -0.15) is 0 Å². The van der Waals surface area contributed by atoms with Gasteiger partial charge in [-0.05, 0) is 5.56 Å². The predicted octanol–water partition coefficient (Wildman–Crippen LogP) is 1.12. The summed E-state index contributed by atoms with van der Waals surface area (Å²) in [5.74, 6) is -0.872. The molecule has 14 heavy (non-hydrogen) atoms. The van der Waals surface area contributed by atoms with Crippen LogP contribution in [-0.2, 0) is 11.2 Å². The van der Waals surface area contributed by atoms with Gasteiger partial charge in [0.25, 0.3) is 5.91 Å². The van der Waals surface area contributed by atoms with Crippen LogP contribution in [-0.4, -0.2) is 27.4 Å². The summed E-state index contributed by atoms with van der Waals surface area (Å²) in [7, 11) is 0. The first-order chi connectivity index (χ1) is 6.61. The summed E-state index contributed by atoms with van der Waals surface area (Å²) in [5.41, 5.74) is 0.651. The molecule has 5 nitrogen and oxygen atoms in total. The smallest absolute Gasteiger partial charge is 0.438 e. The first-order valence-corrected chi connectivity index (χ1v) is 3.90. The molecule has 1 rings (SSSR count). The maximum absolute atomic E-state index is 11.0. The average Bonchev–Trinajstić information content (AvgIpc) is 2.18. The van der Waals surface area contributed by atoms with E-state index in [1.165, 1.54) is 0 Å². The SMILES string of the molecule is O=C(O)N(O)C(=O)Cc1ccccc1. The molecule has 0 saturated heterocycles. The normalized spacial score (nSPS) is 9.50. The summed E-state index contributed by atoms with van der Waals surface area (Å²) >= 11 is 0. The molecule has 0 saturated carbocycles. The van der Waals surface area contributed by atoms with Gasteiger partial charge in [0.15, 0.2) is 0 Å². The lowest BCUT2D eigenvalue weighted by atomic mass is 10.1. The number of hydrogen-bond donors (Lipinski definition) is 2. The van der Waals surface area contributed by atoms with Crippen LogP contribution in [0.1, 0.15) is 5.56 Å². The van der Waals surface area contributed by atoms with Crippen LogP contribution < -0.4 is 0 Å². The second-order valence-electron chi connectivity index (χ2n) is 2.65. The predicted molar refractivity (Wildman–Crippen MR) is 46.8 cm³/mol. The highest BCUT2D eigenvalue weighted by Gasteiger charge is 2.17. The number of imide groups is 1. The van der Waals surface area contributed by atoms with E-state index in [1.807, 2.05) is 0 Å². The molecule has 0 aromatic heterocycles. The summed E-state index contributed by atoms with van der Waals surface area (Å²) in [4.78, 5) is 21.2. The lowest BCUT2D eigenvalue weighted by Crippen LogP contribution is -2.33. The van der Waals surface area contributed by atoms with Crippen LogP contribution in [0.2, 0.25) is 0 Å².